The molecule has 0 bridgehead atoms. The second-order valence-electron chi connectivity index (χ2n) is 7.19. The summed E-state index contributed by atoms with van der Waals surface area (Å²) >= 11 is 6.10. The van der Waals surface area contributed by atoms with Gasteiger partial charge in [0.25, 0.3) is 0 Å². The molecule has 150 valence electrons. The number of aliphatic imine (C=N–C) groups is 1. The van der Waals surface area contributed by atoms with Gasteiger partial charge in [-0.1, -0.05) is 23.7 Å². The molecule has 2 atom stereocenters. The van der Waals surface area contributed by atoms with Gasteiger partial charge in [0.15, 0.2) is 5.96 Å². The van der Waals surface area contributed by atoms with E-state index in [-0.39, 0.29) is 11.8 Å². The molecule has 0 aromatic heterocycles. The zero-order valence-corrected chi connectivity index (χ0v) is 17.6. The van der Waals surface area contributed by atoms with Crippen LogP contribution in [-0.2, 0) is 10.0 Å². The molecular formula is C19H29ClN4O2S. The second kappa shape index (κ2) is 8.80. The topological polar surface area (TPSA) is 73.8 Å². The molecule has 2 fully saturated rings. The van der Waals surface area contributed by atoms with Gasteiger partial charge in [-0.25, -0.2) is 12.7 Å². The number of nitrogens with zero attached hydrogens (tertiary/aromatic N) is 2. The Kier molecular flexibility index (Phi) is 6.65. The summed E-state index contributed by atoms with van der Waals surface area (Å²) in [6, 6.07) is 8.64. The number of hydrogen-bond acceptors (Lipinski definition) is 3. The largest absolute Gasteiger partial charge is 0.354 e. The Morgan fingerprint density at radius 2 is 2.00 bits per heavy atom. The molecule has 1 aromatic rings. The molecule has 0 radical (unpaired) electrons. The van der Waals surface area contributed by atoms with Gasteiger partial charge in [0.05, 0.1) is 5.75 Å². The van der Waals surface area contributed by atoms with Crippen LogP contribution in [0.2, 0.25) is 5.02 Å². The number of halogens is 1. The minimum Gasteiger partial charge on any atom is -0.354 e. The highest BCUT2D eigenvalue weighted by molar-refractivity contribution is 7.89. The number of sulfonamides is 1. The van der Waals surface area contributed by atoms with Gasteiger partial charge in [-0.05, 0) is 50.8 Å². The fourth-order valence-electron chi connectivity index (χ4n) is 3.58. The summed E-state index contributed by atoms with van der Waals surface area (Å²) in [5, 5.41) is 7.79. The average Bonchev–Trinajstić information content (AvgIpc) is 3.41. The third-order valence-electron chi connectivity index (χ3n) is 5.26. The highest BCUT2D eigenvalue weighted by Crippen LogP contribution is 2.41. The normalized spacial score (nSPS) is 24.6. The van der Waals surface area contributed by atoms with Crippen LogP contribution in [0.15, 0.2) is 29.3 Å². The van der Waals surface area contributed by atoms with E-state index in [1.165, 1.54) is 5.56 Å². The Labute approximate surface area is 167 Å². The first-order valence-electron chi connectivity index (χ1n) is 9.73. The van der Waals surface area contributed by atoms with Crippen molar-refractivity contribution >= 4 is 27.6 Å². The number of benzene rings is 1. The Morgan fingerprint density at radius 1 is 1.26 bits per heavy atom. The third-order valence-corrected chi connectivity index (χ3v) is 7.38. The van der Waals surface area contributed by atoms with Crippen LogP contribution in [0.4, 0.5) is 0 Å². The number of hydrogen-bond donors (Lipinski definition) is 2. The molecule has 2 unspecified atom stereocenters. The van der Waals surface area contributed by atoms with Crippen LogP contribution in [0.25, 0.3) is 0 Å². The summed E-state index contributed by atoms with van der Waals surface area (Å²) in [4.78, 5) is 4.56. The van der Waals surface area contributed by atoms with E-state index in [0.29, 0.717) is 31.6 Å². The van der Waals surface area contributed by atoms with Gasteiger partial charge in [0.1, 0.15) is 0 Å². The number of rotatable bonds is 6. The van der Waals surface area contributed by atoms with Crippen LogP contribution >= 0.6 is 11.6 Å². The molecule has 0 spiro atoms. The highest BCUT2D eigenvalue weighted by Gasteiger charge is 2.39. The third kappa shape index (κ3) is 5.36. The number of nitrogens with one attached hydrogen (secondary N) is 2. The monoisotopic (exact) mass is 412 g/mol. The maximum atomic E-state index is 12.0. The molecule has 1 aliphatic carbocycles. The van der Waals surface area contributed by atoms with Gasteiger partial charge < -0.3 is 10.6 Å². The van der Waals surface area contributed by atoms with Gasteiger partial charge in [0, 0.05) is 42.7 Å². The zero-order chi connectivity index (χ0) is 19.4. The Morgan fingerprint density at radius 3 is 2.63 bits per heavy atom. The molecule has 2 aliphatic rings. The van der Waals surface area contributed by atoms with E-state index in [1.807, 2.05) is 25.1 Å². The molecule has 27 heavy (non-hydrogen) atoms. The van der Waals surface area contributed by atoms with E-state index in [1.54, 1.807) is 11.2 Å². The number of piperidine rings is 1. The minimum absolute atomic E-state index is 0.168. The number of guanidine groups is 1. The molecule has 2 N–H and O–H groups in total. The lowest BCUT2D eigenvalue weighted by Gasteiger charge is -2.32. The first-order valence-corrected chi connectivity index (χ1v) is 11.7. The first kappa shape index (κ1) is 20.4. The maximum Gasteiger partial charge on any atom is 0.213 e. The van der Waals surface area contributed by atoms with Crippen LogP contribution < -0.4 is 10.6 Å². The Balaban J connectivity index is 1.52. The SMILES string of the molecule is CCN=C(NC1CCN(S(=O)(=O)CC)CC1)NC1CC1c1cccc(Cl)c1. The van der Waals surface area contributed by atoms with E-state index in [2.05, 4.69) is 21.7 Å². The molecule has 8 heteroatoms. The smallest absolute Gasteiger partial charge is 0.213 e. The van der Waals surface area contributed by atoms with Crippen molar-refractivity contribution in [3.05, 3.63) is 34.9 Å². The van der Waals surface area contributed by atoms with Crippen molar-refractivity contribution in [3.63, 3.8) is 0 Å². The van der Waals surface area contributed by atoms with Crippen LogP contribution in [0.3, 0.4) is 0 Å². The summed E-state index contributed by atoms with van der Waals surface area (Å²) in [7, 11) is -3.08. The lowest BCUT2D eigenvalue weighted by Crippen LogP contribution is -2.50. The Hall–Kier alpha value is -1.31. The van der Waals surface area contributed by atoms with Gasteiger partial charge in [-0.3, -0.25) is 4.99 Å². The predicted octanol–water partition coefficient (Wildman–Crippen LogP) is 2.57. The van der Waals surface area contributed by atoms with Gasteiger partial charge >= 0.3 is 0 Å². The fraction of sp³-hybridized carbons (Fsp3) is 0.632. The second-order valence-corrected chi connectivity index (χ2v) is 9.88. The van der Waals surface area contributed by atoms with E-state index >= 15 is 0 Å². The van der Waals surface area contributed by atoms with Crippen LogP contribution in [-0.4, -0.2) is 56.2 Å². The Bertz CT molecular complexity index is 776. The summed E-state index contributed by atoms with van der Waals surface area (Å²) in [5.74, 6) is 1.45. The standard InChI is InChI=1S/C19H29ClN4O2S/c1-3-21-19(22-16-8-10-24(11-9-16)27(25,26)4-2)23-18-13-17(18)14-6-5-7-15(20)12-14/h5-7,12,16-18H,3-4,8-11,13H2,1-2H3,(H2,21,22,23). The predicted molar refractivity (Wildman–Crippen MR) is 111 cm³/mol. The van der Waals surface area contributed by atoms with Crippen LogP contribution in [0, 0.1) is 0 Å². The van der Waals surface area contributed by atoms with Crippen molar-refractivity contribution in [3.8, 4) is 0 Å². The molecule has 3 rings (SSSR count). The van der Waals surface area contributed by atoms with Crippen molar-refractivity contribution in [1.29, 1.82) is 0 Å². The first-order chi connectivity index (χ1) is 12.9. The van der Waals surface area contributed by atoms with Crippen LogP contribution in [0.1, 0.15) is 44.6 Å². The van der Waals surface area contributed by atoms with Gasteiger partial charge in [0.2, 0.25) is 10.0 Å². The molecular weight excluding hydrogens is 384 g/mol. The quantitative estimate of drug-likeness (QED) is 0.556. The van der Waals surface area contributed by atoms with E-state index < -0.39 is 10.0 Å². The van der Waals surface area contributed by atoms with Crippen molar-refractivity contribution in [2.45, 2.75) is 51.1 Å². The summed E-state index contributed by atoms with van der Waals surface area (Å²) in [6.45, 7) is 5.55. The van der Waals surface area contributed by atoms with Crippen molar-refractivity contribution < 1.29 is 8.42 Å². The van der Waals surface area contributed by atoms with Crippen molar-refractivity contribution in [1.82, 2.24) is 14.9 Å². The highest BCUT2D eigenvalue weighted by atomic mass is 35.5. The summed E-state index contributed by atoms with van der Waals surface area (Å²) < 4.78 is 25.6. The fourth-order valence-corrected chi connectivity index (χ4v) is 4.91. The molecule has 0 amide bonds. The average molecular weight is 413 g/mol. The molecule has 6 nitrogen and oxygen atoms in total. The summed E-state index contributed by atoms with van der Waals surface area (Å²) in [6.07, 6.45) is 2.66. The van der Waals surface area contributed by atoms with Crippen molar-refractivity contribution in [2.75, 3.05) is 25.4 Å². The lowest BCUT2D eigenvalue weighted by atomic mass is 10.1. The summed E-state index contributed by atoms with van der Waals surface area (Å²) in [5.41, 5.74) is 1.26. The van der Waals surface area contributed by atoms with E-state index in [9.17, 15) is 8.42 Å². The molecule has 1 saturated heterocycles. The van der Waals surface area contributed by atoms with Gasteiger partial charge in [-0.2, -0.15) is 0 Å². The van der Waals surface area contributed by atoms with E-state index in [4.69, 9.17) is 11.6 Å². The molecule has 1 heterocycles. The minimum atomic E-state index is -3.08. The maximum absolute atomic E-state index is 12.0. The van der Waals surface area contributed by atoms with Crippen molar-refractivity contribution in [2.24, 2.45) is 4.99 Å². The van der Waals surface area contributed by atoms with Crippen LogP contribution in [0.5, 0.6) is 0 Å². The van der Waals surface area contributed by atoms with E-state index in [0.717, 1.165) is 30.2 Å². The molecule has 1 saturated carbocycles. The lowest BCUT2D eigenvalue weighted by molar-refractivity contribution is 0.306. The molecule has 1 aliphatic heterocycles. The van der Waals surface area contributed by atoms with Gasteiger partial charge in [-0.15, -0.1) is 0 Å². The zero-order valence-electron chi connectivity index (χ0n) is 16.0. The molecule has 1 aromatic carbocycles.